The van der Waals surface area contributed by atoms with Gasteiger partial charge in [-0.2, -0.15) is 9.97 Å². The molecule has 19 nitrogen and oxygen atoms in total. The summed E-state index contributed by atoms with van der Waals surface area (Å²) in [6, 6.07) is 16.3. The Hall–Kier alpha value is -5.22. The van der Waals surface area contributed by atoms with Gasteiger partial charge in [-0.05, 0) is 161 Å². The average molecular weight is 1490 g/mol. The normalized spacial score (nSPS) is 21.2. The molecule has 2 fully saturated rings. The second-order valence-corrected chi connectivity index (χ2v) is 66.0. The molecule has 25 heteroatoms. The lowest BCUT2D eigenvalue weighted by molar-refractivity contribution is -0.0509. The van der Waals surface area contributed by atoms with Crippen molar-refractivity contribution in [3.05, 3.63) is 98.1 Å². The van der Waals surface area contributed by atoms with Crippen LogP contribution < -0.4 is 17.0 Å². The Bertz CT molecular complexity index is 4320. The molecular weight excluding hydrogens is 1370 g/mol. The van der Waals surface area contributed by atoms with Crippen molar-refractivity contribution < 1.29 is 36.0 Å². The molecule has 2 saturated heterocycles. The van der Waals surface area contributed by atoms with Gasteiger partial charge in [-0.15, -0.1) is 0 Å². The Morgan fingerprint density at radius 3 is 1.36 bits per heavy atom. The fourth-order valence-corrected chi connectivity index (χ4v) is 17.8. The summed E-state index contributed by atoms with van der Waals surface area (Å²) in [7, 11) is -11.3. The number of benzene rings is 3. The molecule has 5 heterocycles. The molecular formula is C76H121N9O10Si6. The average Bonchev–Trinajstić information content (AvgIpc) is 1.57. The van der Waals surface area contributed by atoms with E-state index in [0.29, 0.717) is 16.7 Å². The largest absolute Gasteiger partial charge is 0.414 e. The van der Waals surface area contributed by atoms with Crippen LogP contribution in [-0.4, -0.2) is 154 Å². The molecule has 6 aromatic rings. The lowest BCUT2D eigenvalue weighted by Crippen LogP contribution is -2.54. The van der Waals surface area contributed by atoms with Gasteiger partial charge in [0.05, 0.1) is 25.1 Å². The summed E-state index contributed by atoms with van der Waals surface area (Å²) in [5.41, 5.74) is 7.69. The van der Waals surface area contributed by atoms with E-state index in [1.165, 1.54) is 4.57 Å². The number of nitrogen functional groups attached to an aromatic ring is 1. The van der Waals surface area contributed by atoms with E-state index < -0.39 is 110 Å². The van der Waals surface area contributed by atoms with Crippen LogP contribution in [0.5, 0.6) is 0 Å². The summed E-state index contributed by atoms with van der Waals surface area (Å²) < 4.78 is 62.0. The van der Waals surface area contributed by atoms with Crippen LogP contribution in [0.25, 0.3) is 32.7 Å². The highest BCUT2D eigenvalue weighted by molar-refractivity contribution is 6.76. The predicted molar refractivity (Wildman–Crippen MR) is 429 cm³/mol. The number of nitrogens with zero attached hydrogens (tertiary/aromatic N) is 7. The maximum atomic E-state index is 14.5. The standard InChI is InChI=1S/C76H121N9O10Si6/c1-71(2,3)96(21,22)88-46-56-60(92-98(25,26)73(7,8)9)62(94-100(29,30)75(13,14)15)67(90-56)84-45-53(64(77)80-70(84)87)40-39-49-35-33-37-51-43-52-38-34-36-50(55(52)44-54(49)51)41-42-58-79-59-65(81-69(82-66(59)86)78-48-83(19)20)85(58)68-63(95-101(31,32)76(16,17)18)61(93-99(27,28)74(10,11)12)57(91-68)47-89-97(23,24)72(4,5)6/h33-38,43-45,48,56-57,60-63,67-68H,46-47H2,1-32H3,(H2,77,80,87)(H,81,82,86)/b78-48+/t56-,57-,60-,61-,62-,63-,67-,68-/m1/s1. The Balaban J connectivity index is 1.29. The van der Waals surface area contributed by atoms with Gasteiger partial charge < -0.3 is 46.7 Å². The van der Waals surface area contributed by atoms with E-state index in [4.69, 9.17) is 51.7 Å². The van der Waals surface area contributed by atoms with Crippen LogP contribution in [0, 0.1) is 23.7 Å². The van der Waals surface area contributed by atoms with E-state index >= 15 is 0 Å². The molecule has 3 aromatic heterocycles. The number of rotatable bonds is 18. The summed E-state index contributed by atoms with van der Waals surface area (Å²) in [5, 5.41) is 2.71. The minimum atomic E-state index is -2.66. The van der Waals surface area contributed by atoms with Crippen molar-refractivity contribution in [1.29, 1.82) is 0 Å². The van der Waals surface area contributed by atoms with Crippen molar-refractivity contribution in [2.75, 3.05) is 33.0 Å². The highest BCUT2D eigenvalue weighted by Gasteiger charge is 2.58. The topological polar surface area (TPSA) is 214 Å². The van der Waals surface area contributed by atoms with E-state index in [0.717, 1.165) is 21.5 Å². The number of aliphatic imine (C=N–C) groups is 1. The fraction of sp³-hybridized carbons (Fsp3) is 0.632. The van der Waals surface area contributed by atoms with E-state index in [1.54, 1.807) is 17.4 Å². The smallest absolute Gasteiger partial charge is 0.351 e. The Morgan fingerprint density at radius 1 is 0.535 bits per heavy atom. The van der Waals surface area contributed by atoms with Gasteiger partial charge in [0.25, 0.3) is 5.56 Å². The van der Waals surface area contributed by atoms with Gasteiger partial charge in [0.15, 0.2) is 79.3 Å². The number of hydrogen-bond acceptors (Lipinski definition) is 15. The van der Waals surface area contributed by atoms with Crippen molar-refractivity contribution in [1.82, 2.24) is 34.0 Å². The van der Waals surface area contributed by atoms with Gasteiger partial charge in [-0.1, -0.05) is 167 Å². The molecule has 0 amide bonds. The number of H-pyrrole nitrogens is 1. The minimum absolute atomic E-state index is 0.0102. The van der Waals surface area contributed by atoms with Crippen LogP contribution in [-0.2, 0) is 36.0 Å². The number of nitrogens with one attached hydrogen (secondary N) is 1. The maximum Gasteiger partial charge on any atom is 0.351 e. The molecule has 8 atom stereocenters. The Morgan fingerprint density at radius 2 is 0.931 bits per heavy atom. The lowest BCUT2D eigenvalue weighted by atomic mass is 9.97. The first-order valence-electron chi connectivity index (χ1n) is 35.8. The maximum absolute atomic E-state index is 14.5. The monoisotopic (exact) mass is 1490 g/mol. The number of imidazole rings is 1. The second kappa shape index (κ2) is 28.6. The third-order valence-corrected chi connectivity index (χ3v) is 50.2. The van der Waals surface area contributed by atoms with Crippen LogP contribution in [0.4, 0.5) is 11.8 Å². The van der Waals surface area contributed by atoms with Gasteiger partial charge >= 0.3 is 5.69 Å². The molecule has 0 unspecified atom stereocenters. The van der Waals surface area contributed by atoms with Crippen LogP contribution >= 0.6 is 0 Å². The molecule has 0 aliphatic carbocycles. The summed E-state index contributed by atoms with van der Waals surface area (Å²) in [6.45, 7) is 67.4. The van der Waals surface area contributed by atoms with Crippen molar-refractivity contribution in [2.24, 2.45) is 4.99 Å². The third-order valence-electron chi connectivity index (χ3n) is 23.3. The lowest BCUT2D eigenvalue weighted by Gasteiger charge is -2.44. The molecule has 8 rings (SSSR count). The van der Waals surface area contributed by atoms with Crippen LogP contribution in [0.1, 0.15) is 160 Å². The van der Waals surface area contributed by atoms with Crippen LogP contribution in [0.15, 0.2) is 69.3 Å². The quantitative estimate of drug-likeness (QED) is 0.0269. The fourth-order valence-electron chi connectivity index (χ4n) is 10.6. The summed E-state index contributed by atoms with van der Waals surface area (Å²) in [5.74, 6) is 14.1. The first-order chi connectivity index (χ1) is 45.9. The zero-order chi connectivity index (χ0) is 75.9. The summed E-state index contributed by atoms with van der Waals surface area (Å²) in [6.07, 6.45) is -2.41. The van der Waals surface area contributed by atoms with Crippen molar-refractivity contribution in [3.63, 3.8) is 0 Å². The molecule has 554 valence electrons. The SMILES string of the molecule is CN(C)/C=N/c1nc2c(nc(C#Cc3cccc4cc5cccc(C#Cc6cn([C@@H]7O[C@H](CO[Si](C)(C)C(C)(C)C)[C@@H](O[Si](C)(C)C(C)(C)C)[C@H]7O[Si](C)(C)C(C)(C)C)c(=O)nc6N)c5cc34)n2[C@@H]2O[C@H](CO[Si](C)(C)C(C)(C)C)[C@@H](O[Si](C)(C)C(C)(C)C)[C@H]2O[Si](C)(C)C(C)(C)C)c(=O)[nH]1. The molecule has 101 heavy (non-hydrogen) atoms. The van der Waals surface area contributed by atoms with Gasteiger partial charge in [-0.25, -0.2) is 14.8 Å². The van der Waals surface area contributed by atoms with Gasteiger partial charge in [-0.3, -0.25) is 18.9 Å². The Kier molecular flexibility index (Phi) is 23.0. The predicted octanol–water partition coefficient (Wildman–Crippen LogP) is 17.0. The molecule has 0 spiro atoms. The second-order valence-electron chi connectivity index (χ2n) is 37.4. The molecule has 0 radical (unpaired) electrons. The number of ether oxygens (including phenoxy) is 2. The summed E-state index contributed by atoms with van der Waals surface area (Å²) in [4.78, 5) is 52.7. The first-order valence-corrected chi connectivity index (χ1v) is 53.3. The minimum Gasteiger partial charge on any atom is -0.414 e. The van der Waals surface area contributed by atoms with Crippen molar-refractivity contribution in [3.8, 4) is 23.7 Å². The molecule has 2 aliphatic heterocycles. The van der Waals surface area contributed by atoms with E-state index in [2.05, 4.69) is 266 Å². The highest BCUT2D eigenvalue weighted by atomic mass is 28.4. The van der Waals surface area contributed by atoms with Crippen molar-refractivity contribution >= 4 is 101 Å². The number of aromatic nitrogens is 6. The zero-order valence-electron chi connectivity index (χ0n) is 67.1. The molecule has 3 N–H and O–H groups in total. The van der Waals surface area contributed by atoms with Gasteiger partial charge in [0.1, 0.15) is 42.4 Å². The van der Waals surface area contributed by atoms with E-state index in [9.17, 15) is 9.59 Å². The van der Waals surface area contributed by atoms with E-state index in [-0.39, 0.29) is 72.2 Å². The highest BCUT2D eigenvalue weighted by Crippen LogP contribution is 2.50. The number of anilines is 1. The molecule has 0 saturated carbocycles. The summed E-state index contributed by atoms with van der Waals surface area (Å²) >= 11 is 0. The molecule has 2 aliphatic rings. The number of hydrogen-bond donors (Lipinski definition) is 2. The van der Waals surface area contributed by atoms with Crippen LogP contribution in [0.3, 0.4) is 0 Å². The van der Waals surface area contributed by atoms with Crippen LogP contribution in [0.2, 0.25) is 109 Å². The van der Waals surface area contributed by atoms with Gasteiger partial charge in [0, 0.05) is 31.4 Å². The third kappa shape index (κ3) is 17.5. The number of nitrogens with two attached hydrogens (primary N) is 1. The van der Waals surface area contributed by atoms with Crippen molar-refractivity contribution in [2.45, 2.75) is 283 Å². The number of aromatic amines is 1. The molecule has 3 aromatic carbocycles. The molecule has 0 bridgehead atoms. The first kappa shape index (κ1) is 81.5. The Labute approximate surface area is 609 Å². The zero-order valence-corrected chi connectivity index (χ0v) is 73.1. The number of fused-ring (bicyclic) bond motifs is 3. The van der Waals surface area contributed by atoms with E-state index in [1.807, 2.05) is 42.9 Å². The van der Waals surface area contributed by atoms with Gasteiger partial charge in [0.2, 0.25) is 5.95 Å².